The van der Waals surface area contributed by atoms with Crippen LogP contribution in [0.5, 0.6) is 5.75 Å². The molecule has 3 heterocycles. The molecule has 3 aliphatic heterocycles. The average Bonchev–Trinajstić information content (AvgIpc) is 2.90. The topological polar surface area (TPSA) is 131 Å². The molecule has 11 heteroatoms. The Balaban J connectivity index is 1.36. The standard InChI is InChI=1S/C31H50N6O5/c1-30(2,3)41-28(38)34-27(35-29(39)42-31(4,5)6)37-16-13-22-7-9-25(17-23(22)19-37)40-20-21-11-14-36(15-12-21)26-10-8-24(32)18-33-26/h7,9,17,21,24,26,33H,8,10-16,18-20,32H2,1-6H3,(H,34,35,38,39). The van der Waals surface area contributed by atoms with Gasteiger partial charge < -0.3 is 30.2 Å². The summed E-state index contributed by atoms with van der Waals surface area (Å²) < 4.78 is 17.1. The molecule has 42 heavy (non-hydrogen) atoms. The van der Waals surface area contributed by atoms with Crippen LogP contribution in [0.25, 0.3) is 0 Å². The molecular weight excluding hydrogens is 536 g/mol. The summed E-state index contributed by atoms with van der Waals surface area (Å²) in [4.78, 5) is 33.7. The number of fused-ring (bicyclic) bond motifs is 1. The lowest BCUT2D eigenvalue weighted by atomic mass is 9.95. The third-order valence-corrected chi connectivity index (χ3v) is 7.70. The number of benzene rings is 1. The van der Waals surface area contributed by atoms with E-state index in [2.05, 4.69) is 32.7 Å². The molecule has 234 valence electrons. The number of amides is 2. The smallest absolute Gasteiger partial charge is 0.437 e. The number of nitrogens with one attached hydrogen (secondary N) is 2. The van der Waals surface area contributed by atoms with Gasteiger partial charge >= 0.3 is 12.2 Å². The number of nitrogens with zero attached hydrogens (tertiary/aromatic N) is 3. The summed E-state index contributed by atoms with van der Waals surface area (Å²) in [6, 6.07) is 6.48. The molecule has 0 aliphatic carbocycles. The Bertz CT molecular complexity index is 1110. The van der Waals surface area contributed by atoms with Gasteiger partial charge in [0, 0.05) is 38.8 Å². The lowest BCUT2D eigenvalue weighted by molar-refractivity contribution is 0.0553. The largest absolute Gasteiger partial charge is 0.493 e. The zero-order valence-electron chi connectivity index (χ0n) is 26.2. The zero-order chi connectivity index (χ0) is 30.5. The van der Waals surface area contributed by atoms with Crippen molar-refractivity contribution in [3.63, 3.8) is 0 Å². The van der Waals surface area contributed by atoms with Crippen LogP contribution in [0, 0.1) is 5.92 Å². The normalized spacial score (nSPS) is 22.7. The molecule has 0 radical (unpaired) electrons. The highest BCUT2D eigenvalue weighted by molar-refractivity contribution is 5.99. The van der Waals surface area contributed by atoms with E-state index in [9.17, 15) is 9.59 Å². The first-order valence-corrected chi connectivity index (χ1v) is 15.3. The van der Waals surface area contributed by atoms with E-state index in [0.29, 0.717) is 31.8 Å². The number of nitrogens with two attached hydrogens (primary N) is 1. The Kier molecular flexibility index (Phi) is 10.4. The van der Waals surface area contributed by atoms with Gasteiger partial charge in [-0.2, -0.15) is 0 Å². The molecule has 0 spiro atoms. The highest BCUT2D eigenvalue weighted by atomic mass is 16.6. The number of alkyl carbamates (subject to hydrolysis) is 1. The monoisotopic (exact) mass is 586 g/mol. The molecule has 4 N–H and O–H groups in total. The van der Waals surface area contributed by atoms with E-state index in [1.807, 2.05) is 11.0 Å². The summed E-state index contributed by atoms with van der Waals surface area (Å²) in [5, 5.41) is 6.26. The molecule has 2 atom stereocenters. The van der Waals surface area contributed by atoms with E-state index in [0.717, 1.165) is 63.1 Å². The van der Waals surface area contributed by atoms with E-state index in [1.165, 1.54) is 5.56 Å². The Morgan fingerprint density at radius 2 is 1.71 bits per heavy atom. The van der Waals surface area contributed by atoms with Crippen LogP contribution in [0.1, 0.15) is 78.4 Å². The summed E-state index contributed by atoms with van der Waals surface area (Å²) in [6.45, 7) is 15.4. The van der Waals surface area contributed by atoms with Crippen molar-refractivity contribution in [3.8, 4) is 5.75 Å². The number of likely N-dealkylation sites (tertiary alicyclic amines) is 1. The number of ether oxygens (including phenoxy) is 3. The SMILES string of the molecule is CC(C)(C)OC(=O)N=C(NC(=O)OC(C)(C)C)N1CCc2ccc(OCC3CCN(C4CCC(N)CN4)CC3)cc2C1. The third kappa shape index (κ3) is 9.84. The van der Waals surface area contributed by atoms with E-state index < -0.39 is 23.4 Å². The van der Waals surface area contributed by atoms with Crippen LogP contribution in [0.4, 0.5) is 9.59 Å². The summed E-state index contributed by atoms with van der Waals surface area (Å²) in [7, 11) is 0. The minimum atomic E-state index is -0.773. The zero-order valence-corrected chi connectivity index (χ0v) is 26.2. The molecule has 3 aliphatic rings. The first-order valence-electron chi connectivity index (χ1n) is 15.3. The summed E-state index contributed by atoms with van der Waals surface area (Å²) in [5.74, 6) is 1.45. The van der Waals surface area contributed by atoms with Crippen LogP contribution >= 0.6 is 0 Å². The van der Waals surface area contributed by atoms with Gasteiger partial charge in [-0.1, -0.05) is 6.07 Å². The Morgan fingerprint density at radius 1 is 1.00 bits per heavy atom. The molecule has 2 unspecified atom stereocenters. The maximum atomic E-state index is 12.6. The third-order valence-electron chi connectivity index (χ3n) is 7.70. The molecule has 2 fully saturated rings. The van der Waals surface area contributed by atoms with Crippen LogP contribution in [0.3, 0.4) is 0 Å². The fraction of sp³-hybridized carbons (Fsp3) is 0.710. The number of rotatable bonds is 4. The summed E-state index contributed by atoms with van der Waals surface area (Å²) >= 11 is 0. The lowest BCUT2D eigenvalue weighted by Crippen LogP contribution is -2.55. The number of piperidine rings is 2. The van der Waals surface area contributed by atoms with Gasteiger partial charge in [-0.3, -0.25) is 10.2 Å². The van der Waals surface area contributed by atoms with E-state index in [4.69, 9.17) is 19.9 Å². The number of aliphatic imine (C=N–C) groups is 1. The van der Waals surface area contributed by atoms with Gasteiger partial charge in [0.25, 0.3) is 0 Å². The van der Waals surface area contributed by atoms with Crippen molar-refractivity contribution in [2.75, 3.05) is 32.8 Å². The number of hydrogen-bond donors (Lipinski definition) is 3. The van der Waals surface area contributed by atoms with E-state index in [-0.39, 0.29) is 12.0 Å². The predicted octanol–water partition coefficient (Wildman–Crippen LogP) is 3.99. The van der Waals surface area contributed by atoms with E-state index in [1.54, 1.807) is 41.5 Å². The van der Waals surface area contributed by atoms with Crippen molar-refractivity contribution in [2.45, 2.75) is 104 Å². The summed E-state index contributed by atoms with van der Waals surface area (Å²) in [6.07, 6.45) is 4.16. The second-order valence-corrected chi connectivity index (χ2v) is 13.7. The van der Waals surface area contributed by atoms with Crippen LogP contribution in [-0.2, 0) is 22.4 Å². The minimum Gasteiger partial charge on any atom is -0.493 e. The fourth-order valence-corrected chi connectivity index (χ4v) is 5.57. The Labute approximate surface area is 250 Å². The number of carbonyl (C=O) groups is 2. The minimum absolute atomic E-state index is 0.108. The molecule has 1 aromatic carbocycles. The average molecular weight is 587 g/mol. The van der Waals surface area contributed by atoms with Crippen molar-refractivity contribution in [2.24, 2.45) is 16.6 Å². The quantitative estimate of drug-likeness (QED) is 0.354. The predicted molar refractivity (Wildman–Crippen MR) is 162 cm³/mol. The lowest BCUT2D eigenvalue weighted by Gasteiger charge is -2.40. The molecule has 0 aromatic heterocycles. The molecule has 1 aromatic rings. The van der Waals surface area contributed by atoms with Crippen LogP contribution in [0.2, 0.25) is 0 Å². The van der Waals surface area contributed by atoms with Gasteiger partial charge in [0.05, 0.1) is 12.8 Å². The fourth-order valence-electron chi connectivity index (χ4n) is 5.57. The van der Waals surface area contributed by atoms with Crippen molar-refractivity contribution in [3.05, 3.63) is 29.3 Å². The maximum Gasteiger partial charge on any atom is 0.437 e. The van der Waals surface area contributed by atoms with Crippen molar-refractivity contribution < 1.29 is 23.8 Å². The van der Waals surface area contributed by atoms with Crippen molar-refractivity contribution in [1.82, 2.24) is 20.4 Å². The molecule has 11 nitrogen and oxygen atoms in total. The highest BCUT2D eigenvalue weighted by Gasteiger charge is 2.29. The summed E-state index contributed by atoms with van der Waals surface area (Å²) in [5.41, 5.74) is 6.91. The Hall–Kier alpha value is -2.89. The van der Waals surface area contributed by atoms with Crippen molar-refractivity contribution >= 4 is 18.1 Å². The van der Waals surface area contributed by atoms with Gasteiger partial charge in [-0.05, 0) is 103 Å². The van der Waals surface area contributed by atoms with Crippen molar-refractivity contribution in [1.29, 1.82) is 0 Å². The van der Waals surface area contributed by atoms with Gasteiger partial charge in [-0.15, -0.1) is 4.99 Å². The molecule has 4 rings (SSSR count). The number of guanidine groups is 1. The molecule has 0 saturated carbocycles. The first-order chi connectivity index (χ1) is 19.7. The molecular formula is C31H50N6O5. The van der Waals surface area contributed by atoms with Crippen LogP contribution < -0.4 is 21.1 Å². The van der Waals surface area contributed by atoms with Gasteiger partial charge in [0.1, 0.15) is 17.0 Å². The van der Waals surface area contributed by atoms with Crippen LogP contribution in [0.15, 0.2) is 23.2 Å². The highest BCUT2D eigenvalue weighted by Crippen LogP contribution is 2.27. The second kappa shape index (κ2) is 13.6. The van der Waals surface area contributed by atoms with Crippen LogP contribution in [-0.4, -0.2) is 84.1 Å². The van der Waals surface area contributed by atoms with E-state index >= 15 is 0 Å². The molecule has 0 bridgehead atoms. The Morgan fingerprint density at radius 3 is 2.36 bits per heavy atom. The number of carbonyl (C=O) groups excluding carboxylic acids is 2. The first kappa shape index (κ1) is 32.0. The van der Waals surface area contributed by atoms with Gasteiger partial charge in [-0.25, -0.2) is 9.59 Å². The maximum absolute atomic E-state index is 12.6. The van der Waals surface area contributed by atoms with Gasteiger partial charge in [0.15, 0.2) is 0 Å². The molecule has 2 amide bonds. The number of hydrogen-bond acceptors (Lipinski definition) is 8. The second-order valence-electron chi connectivity index (χ2n) is 13.7. The molecule has 2 saturated heterocycles. The van der Waals surface area contributed by atoms with Gasteiger partial charge in [0.2, 0.25) is 5.96 Å².